The predicted octanol–water partition coefficient (Wildman–Crippen LogP) is 3.26. The Hall–Kier alpha value is -2.88. The zero-order valence-corrected chi connectivity index (χ0v) is 10.6. The largest absolute Gasteiger partial charge is 0.508 e. The molecule has 0 atom stereocenters. The Morgan fingerprint density at radius 3 is 2.60 bits per heavy atom. The number of imidazole rings is 1. The number of nitrogens with zero attached hydrogens (tertiary/aromatic N) is 3. The number of hydrogen-bond donors (Lipinski definition) is 1. The number of aromatic nitrogens is 3. The second-order valence-corrected chi connectivity index (χ2v) is 4.65. The highest BCUT2D eigenvalue weighted by Gasteiger charge is 2.07. The highest BCUT2D eigenvalue weighted by Crippen LogP contribution is 2.23. The first-order chi connectivity index (χ1) is 9.81. The van der Waals surface area contributed by atoms with Gasteiger partial charge in [0, 0.05) is 11.8 Å². The lowest BCUT2D eigenvalue weighted by Crippen LogP contribution is -1.88. The van der Waals surface area contributed by atoms with Gasteiger partial charge in [0.15, 0.2) is 5.65 Å². The normalized spacial score (nSPS) is 11.2. The van der Waals surface area contributed by atoms with Crippen LogP contribution in [-0.4, -0.2) is 19.5 Å². The van der Waals surface area contributed by atoms with Crippen molar-refractivity contribution in [2.24, 2.45) is 0 Å². The maximum atomic E-state index is 9.35. The van der Waals surface area contributed by atoms with Gasteiger partial charge in [0.1, 0.15) is 5.75 Å². The van der Waals surface area contributed by atoms with Gasteiger partial charge in [-0.15, -0.1) is 0 Å². The number of fused-ring (bicyclic) bond motifs is 3. The molecule has 1 N–H and O–H groups in total. The van der Waals surface area contributed by atoms with Crippen LogP contribution in [0.4, 0.5) is 0 Å². The molecule has 0 spiro atoms. The summed E-state index contributed by atoms with van der Waals surface area (Å²) < 4.78 is 2.03. The molecule has 2 aromatic carbocycles. The molecule has 0 fully saturated rings. The first-order valence-electron chi connectivity index (χ1n) is 6.33. The lowest BCUT2D eigenvalue weighted by Gasteiger charge is -1.99. The van der Waals surface area contributed by atoms with Crippen LogP contribution in [0.2, 0.25) is 0 Å². The molecule has 0 aliphatic carbocycles. The minimum Gasteiger partial charge on any atom is -0.508 e. The highest BCUT2D eigenvalue weighted by molar-refractivity contribution is 5.78. The number of rotatable bonds is 1. The van der Waals surface area contributed by atoms with Gasteiger partial charge in [0.2, 0.25) is 0 Å². The molecular weight excluding hydrogens is 250 g/mol. The standard InChI is InChI=1S/C16H11N3O/c20-12-7-5-11(6-8-12)14-10-19-15-4-2-1-3-13(15)17-9-16(19)18-14/h1-10,20H. The van der Waals surface area contributed by atoms with Crippen LogP contribution in [0.5, 0.6) is 5.75 Å². The molecule has 20 heavy (non-hydrogen) atoms. The molecule has 4 aromatic rings. The van der Waals surface area contributed by atoms with E-state index in [1.54, 1.807) is 18.3 Å². The van der Waals surface area contributed by atoms with Crippen molar-refractivity contribution in [1.82, 2.24) is 14.4 Å². The van der Waals surface area contributed by atoms with Crippen molar-refractivity contribution in [3.05, 3.63) is 60.9 Å². The van der Waals surface area contributed by atoms with Crippen LogP contribution in [0, 0.1) is 0 Å². The maximum absolute atomic E-state index is 9.35. The Morgan fingerprint density at radius 1 is 0.950 bits per heavy atom. The first-order valence-corrected chi connectivity index (χ1v) is 6.33. The Bertz CT molecular complexity index is 910. The summed E-state index contributed by atoms with van der Waals surface area (Å²) in [5.74, 6) is 0.254. The lowest BCUT2D eigenvalue weighted by molar-refractivity contribution is 0.475. The third-order valence-electron chi connectivity index (χ3n) is 3.36. The van der Waals surface area contributed by atoms with Crippen LogP contribution in [0.15, 0.2) is 60.9 Å². The average molecular weight is 261 g/mol. The van der Waals surface area contributed by atoms with Crippen molar-refractivity contribution in [2.75, 3.05) is 0 Å². The van der Waals surface area contributed by atoms with Crippen LogP contribution in [0.25, 0.3) is 27.9 Å². The topological polar surface area (TPSA) is 50.4 Å². The summed E-state index contributed by atoms with van der Waals surface area (Å²) >= 11 is 0. The summed E-state index contributed by atoms with van der Waals surface area (Å²) in [7, 11) is 0. The summed E-state index contributed by atoms with van der Waals surface area (Å²) in [5, 5.41) is 9.35. The second kappa shape index (κ2) is 4.06. The van der Waals surface area contributed by atoms with E-state index in [0.29, 0.717) is 0 Å². The number of para-hydroxylation sites is 2. The maximum Gasteiger partial charge on any atom is 0.156 e. The predicted molar refractivity (Wildman–Crippen MR) is 77.6 cm³/mol. The molecule has 0 unspecified atom stereocenters. The van der Waals surface area contributed by atoms with Crippen molar-refractivity contribution in [2.45, 2.75) is 0 Å². The molecular formula is C16H11N3O. The van der Waals surface area contributed by atoms with E-state index in [1.165, 1.54) is 0 Å². The third-order valence-corrected chi connectivity index (χ3v) is 3.36. The highest BCUT2D eigenvalue weighted by atomic mass is 16.3. The third kappa shape index (κ3) is 1.62. The zero-order chi connectivity index (χ0) is 13.5. The Labute approximate surface area is 115 Å². The number of phenolic OH excluding ortho intramolecular Hbond substituents is 1. The van der Waals surface area contributed by atoms with E-state index < -0.39 is 0 Å². The van der Waals surface area contributed by atoms with Crippen molar-refractivity contribution in [3.8, 4) is 17.0 Å². The SMILES string of the molecule is Oc1ccc(-c2cn3c(cnc4ccccc43)n2)cc1. The van der Waals surface area contributed by atoms with Crippen molar-refractivity contribution < 1.29 is 5.11 Å². The molecule has 0 saturated heterocycles. The van der Waals surface area contributed by atoms with E-state index >= 15 is 0 Å². The smallest absolute Gasteiger partial charge is 0.156 e. The summed E-state index contributed by atoms with van der Waals surface area (Å²) in [6.07, 6.45) is 3.76. The van der Waals surface area contributed by atoms with Gasteiger partial charge in [0.05, 0.1) is 22.9 Å². The minimum absolute atomic E-state index is 0.254. The average Bonchev–Trinajstić information content (AvgIpc) is 2.92. The Kier molecular flexibility index (Phi) is 2.23. The van der Waals surface area contributed by atoms with E-state index in [4.69, 9.17) is 0 Å². The lowest BCUT2D eigenvalue weighted by atomic mass is 10.2. The molecule has 0 aliphatic heterocycles. The van der Waals surface area contributed by atoms with Gasteiger partial charge in [-0.2, -0.15) is 0 Å². The van der Waals surface area contributed by atoms with Crippen LogP contribution < -0.4 is 0 Å². The van der Waals surface area contributed by atoms with Crippen molar-refractivity contribution in [3.63, 3.8) is 0 Å². The molecule has 2 heterocycles. The van der Waals surface area contributed by atoms with Gasteiger partial charge >= 0.3 is 0 Å². The van der Waals surface area contributed by atoms with Gasteiger partial charge in [-0.25, -0.2) is 4.98 Å². The molecule has 0 amide bonds. The molecule has 2 aromatic heterocycles. The molecule has 4 heteroatoms. The zero-order valence-electron chi connectivity index (χ0n) is 10.6. The second-order valence-electron chi connectivity index (χ2n) is 4.65. The van der Waals surface area contributed by atoms with Crippen LogP contribution in [-0.2, 0) is 0 Å². The van der Waals surface area contributed by atoms with E-state index in [0.717, 1.165) is 27.9 Å². The fraction of sp³-hybridized carbons (Fsp3) is 0. The number of phenols is 1. The van der Waals surface area contributed by atoms with E-state index in [1.807, 2.05) is 47.0 Å². The van der Waals surface area contributed by atoms with Crippen LogP contribution in [0.1, 0.15) is 0 Å². The van der Waals surface area contributed by atoms with Gasteiger partial charge in [-0.1, -0.05) is 12.1 Å². The fourth-order valence-corrected chi connectivity index (χ4v) is 2.35. The fourth-order valence-electron chi connectivity index (χ4n) is 2.35. The summed E-state index contributed by atoms with van der Waals surface area (Å²) in [5.41, 5.74) is 4.61. The van der Waals surface area contributed by atoms with Gasteiger partial charge in [-0.05, 0) is 36.4 Å². The molecule has 0 bridgehead atoms. The van der Waals surface area contributed by atoms with Gasteiger partial charge in [-0.3, -0.25) is 9.38 Å². The molecule has 0 radical (unpaired) electrons. The summed E-state index contributed by atoms with van der Waals surface area (Å²) in [4.78, 5) is 8.99. The summed E-state index contributed by atoms with van der Waals surface area (Å²) in [6.45, 7) is 0. The molecule has 4 rings (SSSR count). The summed E-state index contributed by atoms with van der Waals surface area (Å²) in [6, 6.07) is 15.0. The van der Waals surface area contributed by atoms with E-state index in [2.05, 4.69) is 9.97 Å². The van der Waals surface area contributed by atoms with E-state index in [9.17, 15) is 5.11 Å². The van der Waals surface area contributed by atoms with Crippen LogP contribution in [0.3, 0.4) is 0 Å². The van der Waals surface area contributed by atoms with Gasteiger partial charge in [0.25, 0.3) is 0 Å². The minimum atomic E-state index is 0.254. The van der Waals surface area contributed by atoms with Gasteiger partial charge < -0.3 is 5.11 Å². The molecule has 0 aliphatic rings. The first kappa shape index (κ1) is 11.0. The number of hydrogen-bond acceptors (Lipinski definition) is 3. The Balaban J connectivity index is 1.98. The van der Waals surface area contributed by atoms with Crippen molar-refractivity contribution in [1.29, 1.82) is 0 Å². The Morgan fingerprint density at radius 2 is 1.75 bits per heavy atom. The molecule has 4 nitrogen and oxygen atoms in total. The quantitative estimate of drug-likeness (QED) is 0.572. The van der Waals surface area contributed by atoms with Crippen molar-refractivity contribution >= 4 is 16.7 Å². The molecule has 0 saturated carbocycles. The number of aromatic hydroxyl groups is 1. The molecule has 96 valence electrons. The number of benzene rings is 2. The van der Waals surface area contributed by atoms with E-state index in [-0.39, 0.29) is 5.75 Å². The monoisotopic (exact) mass is 261 g/mol. The van der Waals surface area contributed by atoms with Crippen LogP contribution >= 0.6 is 0 Å².